The maximum atomic E-state index is 2.51. The predicted molar refractivity (Wildman–Crippen MR) is 200 cm³/mol. The molecule has 2 aliphatic rings. The van der Waals surface area contributed by atoms with E-state index in [4.69, 9.17) is 0 Å². The third-order valence-corrected chi connectivity index (χ3v) is 11.0. The Hall–Kier alpha value is -5.14. The van der Waals surface area contributed by atoms with E-state index in [-0.39, 0.29) is 5.41 Å². The van der Waals surface area contributed by atoms with E-state index >= 15 is 0 Å². The minimum absolute atomic E-state index is 0.0789. The maximum Gasteiger partial charge on any atom is 0.0546 e. The molecule has 0 amide bonds. The quantitative estimate of drug-likeness (QED) is 0.189. The van der Waals surface area contributed by atoms with E-state index in [1.54, 1.807) is 0 Å². The molecule has 2 aliphatic carbocycles. The van der Waals surface area contributed by atoms with Gasteiger partial charge in [0.05, 0.1) is 5.69 Å². The van der Waals surface area contributed by atoms with Crippen molar-refractivity contribution in [2.75, 3.05) is 4.90 Å². The summed E-state index contributed by atoms with van der Waals surface area (Å²) < 4.78 is 0. The number of rotatable bonds is 5. The Morgan fingerprint density at radius 1 is 0.532 bits per heavy atom. The summed E-state index contributed by atoms with van der Waals surface area (Å²) in [4.78, 5) is 2.51. The number of anilines is 3. The van der Waals surface area contributed by atoms with Crippen molar-refractivity contribution < 1.29 is 0 Å². The molecule has 1 fully saturated rings. The van der Waals surface area contributed by atoms with Crippen LogP contribution in [0.1, 0.15) is 62.1 Å². The molecule has 0 aromatic heterocycles. The molecular formula is C46H39N. The molecular weight excluding hydrogens is 567 g/mol. The van der Waals surface area contributed by atoms with Crippen molar-refractivity contribution >= 4 is 38.6 Å². The van der Waals surface area contributed by atoms with Crippen molar-refractivity contribution in [2.24, 2.45) is 0 Å². The predicted octanol–water partition coefficient (Wildman–Crippen LogP) is 13.1. The molecule has 7 aromatic carbocycles. The average molecular weight is 606 g/mol. The highest BCUT2D eigenvalue weighted by Crippen LogP contribution is 2.52. The zero-order valence-corrected chi connectivity index (χ0v) is 27.2. The molecule has 47 heavy (non-hydrogen) atoms. The van der Waals surface area contributed by atoms with E-state index in [9.17, 15) is 0 Å². The largest absolute Gasteiger partial charge is 0.310 e. The van der Waals surface area contributed by atoms with Crippen LogP contribution in [-0.4, -0.2) is 0 Å². The van der Waals surface area contributed by atoms with Crippen molar-refractivity contribution in [2.45, 2.75) is 50.9 Å². The lowest BCUT2D eigenvalue weighted by Gasteiger charge is -2.30. The number of hydrogen-bond acceptors (Lipinski definition) is 1. The van der Waals surface area contributed by atoms with E-state index in [2.05, 4.69) is 164 Å². The van der Waals surface area contributed by atoms with E-state index in [0.29, 0.717) is 5.92 Å². The summed E-state index contributed by atoms with van der Waals surface area (Å²) in [6.07, 6.45) is 5.30. The van der Waals surface area contributed by atoms with Gasteiger partial charge in [-0.2, -0.15) is 0 Å². The molecule has 9 rings (SSSR count). The normalized spacial score (nSPS) is 15.2. The Balaban J connectivity index is 1.29. The van der Waals surface area contributed by atoms with Gasteiger partial charge >= 0.3 is 0 Å². The molecule has 0 spiro atoms. The zero-order chi connectivity index (χ0) is 31.5. The van der Waals surface area contributed by atoms with Crippen molar-refractivity contribution in [3.8, 4) is 22.3 Å². The van der Waals surface area contributed by atoms with Crippen LogP contribution in [0.4, 0.5) is 17.1 Å². The monoisotopic (exact) mass is 605 g/mol. The van der Waals surface area contributed by atoms with Crippen LogP contribution in [0, 0.1) is 0 Å². The number of benzene rings is 7. The van der Waals surface area contributed by atoms with Gasteiger partial charge in [0.2, 0.25) is 0 Å². The number of nitrogens with zero attached hydrogens (tertiary/aromatic N) is 1. The molecule has 7 aromatic rings. The molecule has 0 unspecified atom stereocenters. The lowest BCUT2D eigenvalue weighted by atomic mass is 9.82. The molecule has 0 bridgehead atoms. The highest BCUT2D eigenvalue weighted by Gasteiger charge is 2.36. The fraction of sp³-hybridized carbons (Fsp3) is 0.174. The van der Waals surface area contributed by atoms with Gasteiger partial charge in [0.15, 0.2) is 0 Å². The van der Waals surface area contributed by atoms with Crippen LogP contribution in [-0.2, 0) is 5.41 Å². The summed E-state index contributed by atoms with van der Waals surface area (Å²) in [5.74, 6) is 0.686. The molecule has 228 valence electrons. The van der Waals surface area contributed by atoms with Gasteiger partial charge < -0.3 is 4.90 Å². The third-order valence-electron chi connectivity index (χ3n) is 11.0. The van der Waals surface area contributed by atoms with Crippen LogP contribution < -0.4 is 4.90 Å². The Labute approximate surface area is 278 Å². The summed E-state index contributed by atoms with van der Waals surface area (Å²) >= 11 is 0. The summed E-state index contributed by atoms with van der Waals surface area (Å²) in [6, 6.07) is 54.7. The van der Waals surface area contributed by atoms with Crippen LogP contribution in [0.25, 0.3) is 43.8 Å². The molecule has 0 atom stereocenters. The van der Waals surface area contributed by atoms with Gasteiger partial charge in [-0.25, -0.2) is 0 Å². The van der Waals surface area contributed by atoms with Crippen molar-refractivity contribution in [1.29, 1.82) is 0 Å². The molecule has 0 radical (unpaired) electrons. The van der Waals surface area contributed by atoms with Crippen LogP contribution in [0.5, 0.6) is 0 Å². The highest BCUT2D eigenvalue weighted by molar-refractivity contribution is 6.07. The van der Waals surface area contributed by atoms with E-state index in [0.717, 1.165) is 0 Å². The zero-order valence-electron chi connectivity index (χ0n) is 27.2. The average Bonchev–Trinajstić information content (AvgIpc) is 3.74. The van der Waals surface area contributed by atoms with Gasteiger partial charge in [-0.3, -0.25) is 0 Å². The van der Waals surface area contributed by atoms with Gasteiger partial charge in [-0.15, -0.1) is 0 Å². The smallest absolute Gasteiger partial charge is 0.0546 e. The number of hydrogen-bond donors (Lipinski definition) is 0. The first-order chi connectivity index (χ1) is 23.1. The summed E-state index contributed by atoms with van der Waals surface area (Å²) in [5.41, 5.74) is 13.0. The van der Waals surface area contributed by atoms with Crippen LogP contribution in [0.15, 0.2) is 146 Å². The van der Waals surface area contributed by atoms with Crippen molar-refractivity contribution in [1.82, 2.24) is 0 Å². The summed E-state index contributed by atoms with van der Waals surface area (Å²) in [7, 11) is 0. The Bertz CT molecular complexity index is 2280. The van der Waals surface area contributed by atoms with Crippen LogP contribution in [0.2, 0.25) is 0 Å². The minimum atomic E-state index is -0.0789. The lowest BCUT2D eigenvalue weighted by Crippen LogP contribution is -2.17. The minimum Gasteiger partial charge on any atom is -0.310 e. The Morgan fingerprint density at radius 3 is 2.02 bits per heavy atom. The topological polar surface area (TPSA) is 3.24 Å². The number of fused-ring (bicyclic) bond motifs is 5. The van der Waals surface area contributed by atoms with E-state index < -0.39 is 0 Å². The maximum absolute atomic E-state index is 2.51. The van der Waals surface area contributed by atoms with Gasteiger partial charge in [0.25, 0.3) is 0 Å². The lowest BCUT2D eigenvalue weighted by molar-refractivity contribution is 0.660. The van der Waals surface area contributed by atoms with E-state index in [1.165, 1.54) is 103 Å². The SMILES string of the molecule is CC1(C)c2ccccc2-c2ccc(N(c3ccc(C4CCCC4)cc3)c3ccc4ccccc4c3-c3ccc4ccccc4c3)cc21. The summed E-state index contributed by atoms with van der Waals surface area (Å²) in [5, 5.41) is 5.04. The first kappa shape index (κ1) is 28.1. The van der Waals surface area contributed by atoms with E-state index in [1.807, 2.05) is 0 Å². The molecule has 1 nitrogen and oxygen atoms in total. The van der Waals surface area contributed by atoms with Crippen molar-refractivity contribution in [3.63, 3.8) is 0 Å². The Morgan fingerprint density at radius 2 is 1.19 bits per heavy atom. The molecule has 0 saturated heterocycles. The van der Waals surface area contributed by atoms with Gasteiger partial charge in [-0.1, -0.05) is 136 Å². The second-order valence-corrected chi connectivity index (χ2v) is 14.1. The van der Waals surface area contributed by atoms with Gasteiger partial charge in [-0.05, 0) is 110 Å². The van der Waals surface area contributed by atoms with Crippen LogP contribution >= 0.6 is 0 Å². The molecule has 0 heterocycles. The standard InChI is InChI=1S/C46H39N/c1-46(2)42-18-10-9-17-40(42)41-27-26-38(30-43(41)46)47(37-24-21-33(22-25-37)31-11-3-4-12-31)44-28-23-34-14-7-8-16-39(34)45(44)36-20-19-32-13-5-6-15-35(32)29-36/h5-10,13-31H,3-4,11-12H2,1-2H3. The second kappa shape index (κ2) is 11.0. The molecule has 0 N–H and O–H groups in total. The highest BCUT2D eigenvalue weighted by atomic mass is 15.1. The van der Waals surface area contributed by atoms with Gasteiger partial charge in [0, 0.05) is 22.4 Å². The van der Waals surface area contributed by atoms with Crippen LogP contribution in [0.3, 0.4) is 0 Å². The molecule has 1 saturated carbocycles. The molecule has 0 aliphatic heterocycles. The first-order valence-electron chi connectivity index (χ1n) is 17.2. The Kier molecular flexibility index (Phi) is 6.57. The molecule has 1 heteroatoms. The van der Waals surface area contributed by atoms with Gasteiger partial charge in [0.1, 0.15) is 0 Å². The fourth-order valence-corrected chi connectivity index (χ4v) is 8.51. The summed E-state index contributed by atoms with van der Waals surface area (Å²) in [6.45, 7) is 4.75. The fourth-order valence-electron chi connectivity index (χ4n) is 8.51. The second-order valence-electron chi connectivity index (χ2n) is 14.1. The van der Waals surface area contributed by atoms with Crippen molar-refractivity contribution in [3.05, 3.63) is 162 Å². The first-order valence-corrected chi connectivity index (χ1v) is 17.2. The third kappa shape index (κ3) is 4.60.